The van der Waals surface area contributed by atoms with Crippen LogP contribution in [0.15, 0.2) is 0 Å². The largest absolute Gasteiger partial charge is 0.315 e. The van der Waals surface area contributed by atoms with Gasteiger partial charge in [-0.05, 0) is 45.9 Å². The van der Waals surface area contributed by atoms with E-state index < -0.39 is 0 Å². The van der Waals surface area contributed by atoms with Crippen molar-refractivity contribution < 1.29 is 0 Å². The molecule has 2 rings (SSSR count). The van der Waals surface area contributed by atoms with Crippen LogP contribution in [-0.4, -0.2) is 75.2 Å². The second-order valence-electron chi connectivity index (χ2n) is 5.50. The summed E-state index contributed by atoms with van der Waals surface area (Å²) in [6, 6.07) is 0.719. The number of nitrogens with zero attached hydrogens (tertiary/aromatic N) is 2. The van der Waals surface area contributed by atoms with Gasteiger partial charge < -0.3 is 20.4 Å². The summed E-state index contributed by atoms with van der Waals surface area (Å²) in [5.41, 5.74) is 0. The van der Waals surface area contributed by atoms with E-state index >= 15 is 0 Å². The fraction of sp³-hybridized carbons (Fsp3) is 1.00. The van der Waals surface area contributed by atoms with E-state index in [-0.39, 0.29) is 0 Å². The molecule has 0 radical (unpaired) electrons. The van der Waals surface area contributed by atoms with Crippen molar-refractivity contribution in [3.05, 3.63) is 0 Å². The molecule has 0 aromatic heterocycles. The lowest BCUT2D eigenvalue weighted by atomic mass is 10.1. The Hall–Kier alpha value is -0.160. The van der Waals surface area contributed by atoms with E-state index in [0.29, 0.717) is 0 Å². The first-order chi connectivity index (χ1) is 8.34. The molecule has 2 heterocycles. The minimum atomic E-state index is 0.719. The quantitative estimate of drug-likeness (QED) is 0.661. The maximum Gasteiger partial charge on any atom is 0.0192 e. The maximum atomic E-state index is 3.67. The monoisotopic (exact) mass is 240 g/mol. The number of likely N-dealkylation sites (N-methyl/N-ethyl adjacent to an activating group) is 1. The zero-order valence-electron chi connectivity index (χ0n) is 11.2. The van der Waals surface area contributed by atoms with Gasteiger partial charge in [-0.25, -0.2) is 0 Å². The Balaban J connectivity index is 1.48. The van der Waals surface area contributed by atoms with Crippen molar-refractivity contribution in [2.45, 2.75) is 25.3 Å². The molecule has 0 aromatic rings. The Morgan fingerprint density at radius 2 is 2.06 bits per heavy atom. The SMILES string of the molecule is CN1CCN(CCCNC2CCCNC2)CC1. The molecule has 1 unspecified atom stereocenters. The summed E-state index contributed by atoms with van der Waals surface area (Å²) < 4.78 is 0. The van der Waals surface area contributed by atoms with E-state index in [1.54, 1.807) is 0 Å². The fourth-order valence-electron chi connectivity index (χ4n) is 2.71. The van der Waals surface area contributed by atoms with Crippen molar-refractivity contribution in [3.63, 3.8) is 0 Å². The number of nitrogens with one attached hydrogen (secondary N) is 2. The molecular formula is C13H28N4. The summed E-state index contributed by atoms with van der Waals surface area (Å²) in [5, 5.41) is 7.12. The van der Waals surface area contributed by atoms with Gasteiger partial charge in [-0.15, -0.1) is 0 Å². The number of hydrogen-bond acceptors (Lipinski definition) is 4. The number of hydrogen-bond donors (Lipinski definition) is 2. The van der Waals surface area contributed by atoms with E-state index in [9.17, 15) is 0 Å². The highest BCUT2D eigenvalue weighted by atomic mass is 15.2. The molecule has 1 atom stereocenters. The summed E-state index contributed by atoms with van der Waals surface area (Å²) in [7, 11) is 2.22. The molecular weight excluding hydrogens is 212 g/mol. The van der Waals surface area contributed by atoms with Crippen LogP contribution in [0, 0.1) is 0 Å². The highest BCUT2D eigenvalue weighted by Crippen LogP contribution is 2.02. The Bertz CT molecular complexity index is 196. The van der Waals surface area contributed by atoms with Crippen LogP contribution in [0.2, 0.25) is 0 Å². The fourth-order valence-corrected chi connectivity index (χ4v) is 2.71. The third kappa shape index (κ3) is 4.92. The Labute approximate surface area is 106 Å². The molecule has 100 valence electrons. The van der Waals surface area contributed by atoms with Crippen LogP contribution in [0.1, 0.15) is 19.3 Å². The number of piperazine rings is 1. The molecule has 2 aliphatic heterocycles. The Kier molecular flexibility index (Phi) is 5.71. The van der Waals surface area contributed by atoms with E-state index in [2.05, 4.69) is 27.5 Å². The highest BCUT2D eigenvalue weighted by Gasteiger charge is 2.14. The number of piperidine rings is 1. The molecule has 2 N–H and O–H groups in total. The summed E-state index contributed by atoms with van der Waals surface area (Å²) in [4.78, 5) is 5.02. The van der Waals surface area contributed by atoms with Gasteiger partial charge in [-0.2, -0.15) is 0 Å². The van der Waals surface area contributed by atoms with Crippen LogP contribution >= 0.6 is 0 Å². The third-order valence-corrected chi connectivity index (χ3v) is 3.98. The van der Waals surface area contributed by atoms with Crippen LogP contribution in [0.3, 0.4) is 0 Å². The predicted molar refractivity (Wildman–Crippen MR) is 72.4 cm³/mol. The molecule has 4 heteroatoms. The van der Waals surface area contributed by atoms with Crippen LogP contribution in [0.4, 0.5) is 0 Å². The summed E-state index contributed by atoms with van der Waals surface area (Å²) >= 11 is 0. The molecule has 2 saturated heterocycles. The van der Waals surface area contributed by atoms with Crippen LogP contribution in [-0.2, 0) is 0 Å². The van der Waals surface area contributed by atoms with Gasteiger partial charge in [0.15, 0.2) is 0 Å². The van der Waals surface area contributed by atoms with E-state index in [1.807, 2.05) is 0 Å². The van der Waals surface area contributed by atoms with Gasteiger partial charge >= 0.3 is 0 Å². The van der Waals surface area contributed by atoms with E-state index in [1.165, 1.54) is 65.1 Å². The highest BCUT2D eigenvalue weighted by molar-refractivity contribution is 4.75. The van der Waals surface area contributed by atoms with Crippen LogP contribution in [0.25, 0.3) is 0 Å². The molecule has 0 bridgehead atoms. The molecule has 2 aliphatic rings. The average molecular weight is 240 g/mol. The van der Waals surface area contributed by atoms with Crippen molar-refractivity contribution in [2.24, 2.45) is 0 Å². The molecule has 0 aliphatic carbocycles. The molecule has 2 fully saturated rings. The smallest absolute Gasteiger partial charge is 0.0192 e. The second-order valence-corrected chi connectivity index (χ2v) is 5.50. The molecule has 0 spiro atoms. The predicted octanol–water partition coefficient (Wildman–Crippen LogP) is -0.0345. The van der Waals surface area contributed by atoms with Crippen molar-refractivity contribution in [1.82, 2.24) is 20.4 Å². The Morgan fingerprint density at radius 3 is 2.76 bits per heavy atom. The second kappa shape index (κ2) is 7.31. The van der Waals surface area contributed by atoms with Crippen molar-refractivity contribution in [2.75, 3.05) is 59.4 Å². The first-order valence-electron chi connectivity index (χ1n) is 7.19. The van der Waals surface area contributed by atoms with E-state index in [4.69, 9.17) is 0 Å². The zero-order valence-corrected chi connectivity index (χ0v) is 11.2. The normalized spacial score (nSPS) is 28.4. The van der Waals surface area contributed by atoms with Gasteiger partial charge in [0.25, 0.3) is 0 Å². The third-order valence-electron chi connectivity index (χ3n) is 3.98. The van der Waals surface area contributed by atoms with Crippen molar-refractivity contribution in [1.29, 1.82) is 0 Å². The first kappa shape index (κ1) is 13.3. The summed E-state index contributed by atoms with van der Waals surface area (Å²) in [5.74, 6) is 0. The molecule has 17 heavy (non-hydrogen) atoms. The summed E-state index contributed by atoms with van der Waals surface area (Å²) in [6.07, 6.45) is 3.97. The van der Waals surface area contributed by atoms with Crippen LogP contribution in [0.5, 0.6) is 0 Å². The molecule has 0 aromatic carbocycles. The lowest BCUT2D eigenvalue weighted by Gasteiger charge is -2.32. The van der Waals surface area contributed by atoms with Gasteiger partial charge in [0, 0.05) is 38.8 Å². The van der Waals surface area contributed by atoms with Gasteiger partial charge in [-0.1, -0.05) is 0 Å². The van der Waals surface area contributed by atoms with Gasteiger partial charge in [0.1, 0.15) is 0 Å². The van der Waals surface area contributed by atoms with Crippen LogP contribution < -0.4 is 10.6 Å². The van der Waals surface area contributed by atoms with E-state index in [0.717, 1.165) is 12.6 Å². The number of rotatable bonds is 5. The van der Waals surface area contributed by atoms with Gasteiger partial charge in [-0.3, -0.25) is 0 Å². The molecule has 4 nitrogen and oxygen atoms in total. The first-order valence-corrected chi connectivity index (χ1v) is 7.19. The maximum absolute atomic E-state index is 3.67. The molecule has 0 amide bonds. The average Bonchev–Trinajstić information content (AvgIpc) is 2.38. The van der Waals surface area contributed by atoms with Crippen molar-refractivity contribution in [3.8, 4) is 0 Å². The summed E-state index contributed by atoms with van der Waals surface area (Å²) in [6.45, 7) is 9.79. The zero-order chi connectivity index (χ0) is 11.9. The lowest BCUT2D eigenvalue weighted by molar-refractivity contribution is 0.152. The van der Waals surface area contributed by atoms with Gasteiger partial charge in [0.2, 0.25) is 0 Å². The van der Waals surface area contributed by atoms with Gasteiger partial charge in [0.05, 0.1) is 0 Å². The topological polar surface area (TPSA) is 30.5 Å². The minimum Gasteiger partial charge on any atom is -0.315 e. The lowest BCUT2D eigenvalue weighted by Crippen LogP contribution is -2.46. The standard InChI is InChI=1S/C13H28N4/c1-16-8-10-17(11-9-16)7-3-6-15-13-4-2-5-14-12-13/h13-15H,2-12H2,1H3. The molecule has 0 saturated carbocycles. The minimum absolute atomic E-state index is 0.719. The Morgan fingerprint density at radius 1 is 1.24 bits per heavy atom. The van der Waals surface area contributed by atoms with Crippen molar-refractivity contribution >= 4 is 0 Å².